The monoisotopic (exact) mass is 275 g/mol. The second kappa shape index (κ2) is 9.21. The summed E-state index contributed by atoms with van der Waals surface area (Å²) in [4.78, 5) is 0. The van der Waals surface area contributed by atoms with Crippen molar-refractivity contribution >= 4 is 11.7 Å². The number of nitrogens with zero attached hydrogens (tertiary/aromatic N) is 2. The fourth-order valence-electron chi connectivity index (χ4n) is 1.40. The van der Waals surface area contributed by atoms with Crippen LogP contribution in [0.4, 0.5) is 0 Å². The van der Waals surface area contributed by atoms with E-state index in [2.05, 4.69) is 14.1 Å². The molecule has 0 radical (unpaired) electrons. The SMILES string of the molecule is CC(CO)CCCNCC(O)COc1cnsn1. The van der Waals surface area contributed by atoms with E-state index in [1.165, 1.54) is 6.20 Å². The predicted molar refractivity (Wildman–Crippen MR) is 69.8 cm³/mol. The van der Waals surface area contributed by atoms with Gasteiger partial charge >= 0.3 is 0 Å². The van der Waals surface area contributed by atoms with E-state index in [0.29, 0.717) is 18.3 Å². The summed E-state index contributed by atoms with van der Waals surface area (Å²) in [6.07, 6.45) is 2.95. The minimum absolute atomic E-state index is 0.214. The van der Waals surface area contributed by atoms with Crippen molar-refractivity contribution in [3.05, 3.63) is 6.20 Å². The van der Waals surface area contributed by atoms with E-state index in [4.69, 9.17) is 9.84 Å². The summed E-state index contributed by atoms with van der Waals surface area (Å²) in [5.41, 5.74) is 0. The van der Waals surface area contributed by atoms with Crippen molar-refractivity contribution in [3.8, 4) is 5.88 Å². The number of aromatic nitrogens is 2. The van der Waals surface area contributed by atoms with Gasteiger partial charge in [-0.3, -0.25) is 0 Å². The molecule has 0 aliphatic rings. The van der Waals surface area contributed by atoms with Crippen molar-refractivity contribution < 1.29 is 14.9 Å². The fraction of sp³-hybridized carbons (Fsp3) is 0.818. The van der Waals surface area contributed by atoms with Gasteiger partial charge in [-0.2, -0.15) is 4.37 Å². The molecule has 0 saturated carbocycles. The van der Waals surface area contributed by atoms with Crippen molar-refractivity contribution in [2.75, 3.05) is 26.3 Å². The molecule has 2 atom stereocenters. The minimum atomic E-state index is -0.554. The summed E-state index contributed by atoms with van der Waals surface area (Å²) < 4.78 is 12.9. The van der Waals surface area contributed by atoms with Crippen LogP contribution in [-0.2, 0) is 0 Å². The molecule has 2 unspecified atom stereocenters. The standard InChI is InChI=1S/C11H21N3O3S/c1-9(7-15)3-2-4-12-5-10(16)8-17-11-6-13-18-14-11/h6,9-10,12,15-16H,2-5,7-8H2,1H3. The molecule has 0 aliphatic carbocycles. The summed E-state index contributed by atoms with van der Waals surface area (Å²) >= 11 is 1.08. The Morgan fingerprint density at radius 2 is 2.39 bits per heavy atom. The van der Waals surface area contributed by atoms with Gasteiger partial charge in [-0.1, -0.05) is 6.92 Å². The lowest BCUT2D eigenvalue weighted by atomic mass is 10.1. The molecule has 1 rings (SSSR count). The van der Waals surface area contributed by atoms with Crippen molar-refractivity contribution in [2.45, 2.75) is 25.9 Å². The second-order valence-corrected chi connectivity index (χ2v) is 4.90. The molecule has 0 aromatic carbocycles. The second-order valence-electron chi connectivity index (χ2n) is 4.34. The van der Waals surface area contributed by atoms with Crippen molar-refractivity contribution in [2.24, 2.45) is 5.92 Å². The van der Waals surface area contributed by atoms with Gasteiger partial charge in [0.25, 0.3) is 0 Å². The van der Waals surface area contributed by atoms with Crippen LogP contribution in [0.1, 0.15) is 19.8 Å². The zero-order valence-corrected chi connectivity index (χ0v) is 11.4. The Labute approximate surface area is 111 Å². The predicted octanol–water partition coefficient (Wildman–Crippen LogP) is 0.276. The number of aliphatic hydroxyl groups excluding tert-OH is 2. The van der Waals surface area contributed by atoms with Crippen LogP contribution in [0.2, 0.25) is 0 Å². The average Bonchev–Trinajstić information content (AvgIpc) is 2.88. The van der Waals surface area contributed by atoms with E-state index in [-0.39, 0.29) is 13.2 Å². The molecular weight excluding hydrogens is 254 g/mol. The van der Waals surface area contributed by atoms with Crippen LogP contribution in [0.3, 0.4) is 0 Å². The Hall–Kier alpha value is -0.760. The molecule has 1 aromatic heterocycles. The highest BCUT2D eigenvalue weighted by Crippen LogP contribution is 2.05. The van der Waals surface area contributed by atoms with E-state index in [0.717, 1.165) is 31.1 Å². The lowest BCUT2D eigenvalue weighted by Crippen LogP contribution is -2.32. The molecule has 6 nitrogen and oxygen atoms in total. The van der Waals surface area contributed by atoms with Crippen molar-refractivity contribution in [1.82, 2.24) is 14.1 Å². The van der Waals surface area contributed by atoms with Gasteiger partial charge in [0, 0.05) is 13.2 Å². The first-order chi connectivity index (χ1) is 8.72. The van der Waals surface area contributed by atoms with Crippen LogP contribution in [0.25, 0.3) is 0 Å². The molecule has 0 amide bonds. The van der Waals surface area contributed by atoms with Gasteiger partial charge in [0.1, 0.15) is 18.9 Å². The highest BCUT2D eigenvalue weighted by atomic mass is 32.1. The van der Waals surface area contributed by atoms with Gasteiger partial charge in [0.05, 0.1) is 11.7 Å². The van der Waals surface area contributed by atoms with Crippen LogP contribution in [0, 0.1) is 5.92 Å². The van der Waals surface area contributed by atoms with E-state index in [1.54, 1.807) is 0 Å². The third-order valence-electron chi connectivity index (χ3n) is 2.51. The van der Waals surface area contributed by atoms with Crippen LogP contribution in [-0.4, -0.2) is 51.4 Å². The van der Waals surface area contributed by atoms with Gasteiger partial charge in [0.2, 0.25) is 5.88 Å². The maximum absolute atomic E-state index is 9.63. The fourth-order valence-corrected chi connectivity index (χ4v) is 1.76. The quantitative estimate of drug-likeness (QED) is 0.532. The molecule has 0 aliphatic heterocycles. The highest BCUT2D eigenvalue weighted by Gasteiger charge is 2.06. The summed E-state index contributed by atoms with van der Waals surface area (Å²) in [6, 6.07) is 0. The minimum Gasteiger partial charge on any atom is -0.473 e. The van der Waals surface area contributed by atoms with Gasteiger partial charge in [0.15, 0.2) is 0 Å². The summed E-state index contributed by atoms with van der Waals surface area (Å²) in [5.74, 6) is 0.799. The summed E-state index contributed by atoms with van der Waals surface area (Å²) in [6.45, 7) is 3.79. The Kier molecular flexibility index (Phi) is 7.83. The molecule has 0 spiro atoms. The van der Waals surface area contributed by atoms with Crippen molar-refractivity contribution in [3.63, 3.8) is 0 Å². The van der Waals surface area contributed by atoms with Crippen LogP contribution in [0.5, 0.6) is 5.88 Å². The number of nitrogens with one attached hydrogen (secondary N) is 1. The Bertz CT molecular complexity index is 298. The topological polar surface area (TPSA) is 87.5 Å². The smallest absolute Gasteiger partial charge is 0.245 e. The Balaban J connectivity index is 1.95. The summed E-state index contributed by atoms with van der Waals surface area (Å²) in [7, 11) is 0. The number of ether oxygens (including phenoxy) is 1. The van der Waals surface area contributed by atoms with E-state index < -0.39 is 6.10 Å². The first-order valence-electron chi connectivity index (χ1n) is 6.12. The molecule has 104 valence electrons. The van der Waals surface area contributed by atoms with Crippen LogP contribution in [0.15, 0.2) is 6.20 Å². The highest BCUT2D eigenvalue weighted by molar-refractivity contribution is 6.99. The third kappa shape index (κ3) is 6.85. The van der Waals surface area contributed by atoms with E-state index in [1.807, 2.05) is 6.92 Å². The molecule has 0 bridgehead atoms. The first kappa shape index (κ1) is 15.3. The molecule has 1 heterocycles. The van der Waals surface area contributed by atoms with Gasteiger partial charge in [-0.05, 0) is 25.3 Å². The number of hydrogen-bond acceptors (Lipinski definition) is 7. The largest absolute Gasteiger partial charge is 0.473 e. The van der Waals surface area contributed by atoms with Crippen LogP contribution < -0.4 is 10.1 Å². The number of aliphatic hydroxyl groups is 2. The normalized spacial score (nSPS) is 14.4. The average molecular weight is 275 g/mol. The third-order valence-corrected chi connectivity index (χ3v) is 2.97. The van der Waals surface area contributed by atoms with Gasteiger partial charge < -0.3 is 20.3 Å². The lowest BCUT2D eigenvalue weighted by Gasteiger charge is -2.12. The number of rotatable bonds is 10. The Morgan fingerprint density at radius 3 is 3.06 bits per heavy atom. The molecule has 18 heavy (non-hydrogen) atoms. The first-order valence-corrected chi connectivity index (χ1v) is 6.85. The molecule has 1 aromatic rings. The van der Waals surface area contributed by atoms with E-state index >= 15 is 0 Å². The van der Waals surface area contributed by atoms with Gasteiger partial charge in [-0.15, -0.1) is 4.37 Å². The number of hydrogen-bond donors (Lipinski definition) is 3. The molecule has 3 N–H and O–H groups in total. The Morgan fingerprint density at radius 1 is 1.56 bits per heavy atom. The van der Waals surface area contributed by atoms with Crippen LogP contribution >= 0.6 is 11.7 Å². The maximum Gasteiger partial charge on any atom is 0.245 e. The lowest BCUT2D eigenvalue weighted by molar-refractivity contribution is 0.104. The van der Waals surface area contributed by atoms with Gasteiger partial charge in [-0.25, -0.2) is 0 Å². The summed E-state index contributed by atoms with van der Waals surface area (Å²) in [5, 5.41) is 21.6. The zero-order valence-electron chi connectivity index (χ0n) is 10.6. The molecular formula is C11H21N3O3S. The zero-order chi connectivity index (χ0) is 13.2. The maximum atomic E-state index is 9.63. The molecule has 7 heteroatoms. The molecule has 0 fully saturated rings. The molecule has 0 saturated heterocycles. The van der Waals surface area contributed by atoms with Crippen molar-refractivity contribution in [1.29, 1.82) is 0 Å². The van der Waals surface area contributed by atoms with E-state index in [9.17, 15) is 5.11 Å².